The predicted octanol–water partition coefficient (Wildman–Crippen LogP) is 4.19. The van der Waals surface area contributed by atoms with Crippen molar-refractivity contribution in [3.05, 3.63) is 36.0 Å². The van der Waals surface area contributed by atoms with Crippen molar-refractivity contribution >= 4 is 41.2 Å². The lowest BCUT2D eigenvalue weighted by Crippen LogP contribution is -2.44. The lowest BCUT2D eigenvalue weighted by Gasteiger charge is -2.18. The minimum absolute atomic E-state index is 0. The van der Waals surface area contributed by atoms with E-state index in [1.54, 1.807) is 0 Å². The highest BCUT2D eigenvalue weighted by Gasteiger charge is 2.25. The molecular weight excluding hydrogens is 470 g/mol. The van der Waals surface area contributed by atoms with Crippen LogP contribution in [0, 0.1) is 0 Å². The van der Waals surface area contributed by atoms with Gasteiger partial charge in [-0.1, -0.05) is 57.7 Å². The van der Waals surface area contributed by atoms with E-state index < -0.39 is 24.0 Å². The summed E-state index contributed by atoms with van der Waals surface area (Å²) in [7, 11) is 0. The number of H-pyrrole nitrogens is 1. The molecule has 0 aliphatic heterocycles. The van der Waals surface area contributed by atoms with Crippen molar-refractivity contribution in [2.24, 2.45) is 5.73 Å². The number of carbonyl (C=O) groups is 3. The number of nitrogens with one attached hydrogen (secondary N) is 2. The number of benzene rings is 1. The summed E-state index contributed by atoms with van der Waals surface area (Å²) in [5, 5.41) is 3.77. The molecule has 2 atom stereocenters. The third-order valence-electron chi connectivity index (χ3n) is 5.69. The van der Waals surface area contributed by atoms with E-state index in [4.69, 9.17) is 15.2 Å². The smallest absolute Gasteiger partial charge is 0.328 e. The number of fused-ring (bicyclic) bond motifs is 1. The highest BCUT2D eigenvalue weighted by atomic mass is 35.5. The maximum Gasteiger partial charge on any atom is 0.328 e. The number of unbranched alkanes of at least 4 members (excludes halogenated alkanes) is 4. The molecule has 1 amide bonds. The van der Waals surface area contributed by atoms with Crippen molar-refractivity contribution in [3.8, 4) is 0 Å². The van der Waals surface area contributed by atoms with E-state index in [9.17, 15) is 14.4 Å². The second-order valence-electron chi connectivity index (χ2n) is 8.58. The van der Waals surface area contributed by atoms with Gasteiger partial charge in [0.05, 0.1) is 13.2 Å². The first kappa shape index (κ1) is 30.5. The van der Waals surface area contributed by atoms with Gasteiger partial charge in [-0.2, -0.15) is 0 Å². The Balaban J connectivity index is 0.00000612. The number of ether oxygens (including phenoxy) is 2. The number of para-hydroxylation sites is 1. The van der Waals surface area contributed by atoms with Crippen LogP contribution in [0.5, 0.6) is 0 Å². The second kappa shape index (κ2) is 16.9. The molecule has 196 valence electrons. The lowest BCUT2D eigenvalue weighted by molar-refractivity contribution is -0.148. The number of carbonyl (C=O) groups excluding carboxylic acids is 3. The summed E-state index contributed by atoms with van der Waals surface area (Å²) in [5.74, 6) is -1.33. The molecule has 0 spiro atoms. The average Bonchev–Trinajstić information content (AvgIpc) is 3.25. The number of nitrogens with two attached hydrogens (primary N) is 1. The van der Waals surface area contributed by atoms with Gasteiger partial charge in [0.15, 0.2) is 0 Å². The van der Waals surface area contributed by atoms with Crippen LogP contribution >= 0.6 is 12.4 Å². The monoisotopic (exact) mass is 509 g/mol. The van der Waals surface area contributed by atoms with Crippen molar-refractivity contribution in [1.29, 1.82) is 0 Å². The Labute approximate surface area is 214 Å². The van der Waals surface area contributed by atoms with E-state index in [0.29, 0.717) is 19.6 Å². The first-order valence-corrected chi connectivity index (χ1v) is 12.4. The van der Waals surface area contributed by atoms with Gasteiger partial charge >= 0.3 is 11.9 Å². The van der Waals surface area contributed by atoms with Crippen molar-refractivity contribution in [3.63, 3.8) is 0 Å². The van der Waals surface area contributed by atoms with E-state index in [1.165, 1.54) is 0 Å². The Morgan fingerprint density at radius 3 is 2.26 bits per heavy atom. The molecular formula is C26H40ClN3O5. The molecule has 0 unspecified atom stereocenters. The molecule has 1 aromatic carbocycles. The van der Waals surface area contributed by atoms with Crippen LogP contribution in [0.1, 0.15) is 70.8 Å². The summed E-state index contributed by atoms with van der Waals surface area (Å²) in [6.45, 7) is 4.80. The summed E-state index contributed by atoms with van der Waals surface area (Å²) in [6.07, 6.45) is 7.89. The lowest BCUT2D eigenvalue weighted by atomic mass is 10.0. The zero-order chi connectivity index (χ0) is 24.8. The molecule has 0 saturated carbocycles. The molecule has 0 aliphatic carbocycles. The number of hydrogen-bond acceptors (Lipinski definition) is 6. The highest BCUT2D eigenvalue weighted by molar-refractivity contribution is 5.87. The molecule has 0 fully saturated rings. The normalized spacial score (nSPS) is 12.4. The number of amides is 1. The number of halogens is 1. The standard InChI is InChI=1S/C26H39N3O5.ClH/c1-3-5-9-15-33-25(31)21(27)13-14-24(30)29-23(26(32)34-16-10-6-4-2)17-19-18-28-22-12-8-7-11-20(19)22;/h7-8,11-12,18,21,23,28H,3-6,9-10,13-17,27H2,1-2H3,(H,29,30);1H/t21-,23-;/m0./s1. The Morgan fingerprint density at radius 2 is 1.60 bits per heavy atom. The van der Waals surface area contributed by atoms with Crippen molar-refractivity contribution < 1.29 is 23.9 Å². The van der Waals surface area contributed by atoms with Gasteiger partial charge in [0, 0.05) is 29.9 Å². The van der Waals surface area contributed by atoms with Gasteiger partial charge in [-0.3, -0.25) is 9.59 Å². The van der Waals surface area contributed by atoms with Gasteiger partial charge in [0.1, 0.15) is 12.1 Å². The van der Waals surface area contributed by atoms with Crippen LogP contribution in [0.15, 0.2) is 30.5 Å². The van der Waals surface area contributed by atoms with Crippen molar-refractivity contribution in [2.75, 3.05) is 13.2 Å². The molecule has 2 rings (SSSR count). The van der Waals surface area contributed by atoms with Gasteiger partial charge in [-0.05, 0) is 30.9 Å². The molecule has 0 saturated heterocycles. The molecule has 4 N–H and O–H groups in total. The first-order chi connectivity index (χ1) is 16.5. The number of rotatable bonds is 16. The van der Waals surface area contributed by atoms with E-state index in [2.05, 4.69) is 24.1 Å². The molecule has 35 heavy (non-hydrogen) atoms. The minimum atomic E-state index is -0.875. The maximum atomic E-state index is 12.8. The Bertz CT molecular complexity index is 917. The molecule has 2 aromatic rings. The van der Waals surface area contributed by atoms with Crippen molar-refractivity contribution in [2.45, 2.75) is 83.7 Å². The fourth-order valence-electron chi connectivity index (χ4n) is 3.64. The van der Waals surface area contributed by atoms with Gasteiger partial charge in [-0.25, -0.2) is 4.79 Å². The molecule has 0 bridgehead atoms. The van der Waals surface area contributed by atoms with Crippen LogP contribution in [0.25, 0.3) is 10.9 Å². The Kier molecular flexibility index (Phi) is 14.7. The predicted molar refractivity (Wildman–Crippen MR) is 139 cm³/mol. The summed E-state index contributed by atoms with van der Waals surface area (Å²) in [5.41, 5.74) is 7.76. The number of esters is 2. The average molecular weight is 510 g/mol. The van der Waals surface area contributed by atoms with Gasteiger partial charge < -0.3 is 25.5 Å². The number of aromatic nitrogens is 1. The minimum Gasteiger partial charge on any atom is -0.465 e. The van der Waals surface area contributed by atoms with Crippen molar-refractivity contribution in [1.82, 2.24) is 10.3 Å². The third-order valence-corrected chi connectivity index (χ3v) is 5.69. The van der Waals surface area contributed by atoms with Crippen LogP contribution in [0.2, 0.25) is 0 Å². The Morgan fingerprint density at radius 1 is 0.971 bits per heavy atom. The fraction of sp³-hybridized carbons (Fsp3) is 0.577. The quantitative estimate of drug-likeness (QED) is 0.230. The summed E-state index contributed by atoms with van der Waals surface area (Å²) in [6, 6.07) is 6.09. The highest BCUT2D eigenvalue weighted by Crippen LogP contribution is 2.19. The first-order valence-electron chi connectivity index (χ1n) is 12.4. The molecule has 0 radical (unpaired) electrons. The SMILES string of the molecule is CCCCCOC(=O)[C@H](Cc1c[nH]c2ccccc12)NC(=O)CC[C@H](N)C(=O)OCCCCC.Cl. The van der Waals surface area contributed by atoms with Gasteiger partial charge in [-0.15, -0.1) is 12.4 Å². The largest absolute Gasteiger partial charge is 0.465 e. The van der Waals surface area contributed by atoms with E-state index >= 15 is 0 Å². The molecule has 0 aliphatic rings. The molecule has 8 nitrogen and oxygen atoms in total. The van der Waals surface area contributed by atoms with E-state index in [1.807, 2.05) is 30.5 Å². The number of aromatic amines is 1. The number of hydrogen-bond donors (Lipinski definition) is 3. The fourth-order valence-corrected chi connectivity index (χ4v) is 3.64. The third kappa shape index (κ3) is 10.7. The van der Waals surface area contributed by atoms with E-state index in [0.717, 1.165) is 55.0 Å². The topological polar surface area (TPSA) is 124 Å². The van der Waals surface area contributed by atoms with Crippen LogP contribution in [0.4, 0.5) is 0 Å². The van der Waals surface area contributed by atoms with Crippen LogP contribution < -0.4 is 11.1 Å². The van der Waals surface area contributed by atoms with Crippen LogP contribution in [0.3, 0.4) is 0 Å². The molecule has 1 aromatic heterocycles. The van der Waals surface area contributed by atoms with Crippen LogP contribution in [-0.4, -0.2) is 48.1 Å². The van der Waals surface area contributed by atoms with E-state index in [-0.39, 0.29) is 31.2 Å². The van der Waals surface area contributed by atoms with Gasteiger partial charge in [0.2, 0.25) is 5.91 Å². The van der Waals surface area contributed by atoms with Gasteiger partial charge in [0.25, 0.3) is 0 Å². The summed E-state index contributed by atoms with van der Waals surface area (Å²) >= 11 is 0. The second-order valence-corrected chi connectivity index (χ2v) is 8.58. The maximum absolute atomic E-state index is 12.8. The summed E-state index contributed by atoms with van der Waals surface area (Å²) < 4.78 is 10.6. The molecule has 9 heteroatoms. The van der Waals surface area contributed by atoms with Crippen LogP contribution in [-0.2, 0) is 30.3 Å². The zero-order valence-electron chi connectivity index (χ0n) is 20.8. The Hall–Kier alpha value is -2.58. The molecule has 1 heterocycles. The summed E-state index contributed by atoms with van der Waals surface area (Å²) in [4.78, 5) is 40.6. The zero-order valence-corrected chi connectivity index (χ0v) is 21.7.